The number of likely N-dealkylation sites (N-methyl/N-ethyl adjacent to an activating group) is 1. The molecule has 0 amide bonds. The summed E-state index contributed by atoms with van der Waals surface area (Å²) in [6.45, 7) is 9.23. The Labute approximate surface area is 98.3 Å². The van der Waals surface area contributed by atoms with E-state index in [4.69, 9.17) is 9.47 Å². The van der Waals surface area contributed by atoms with Gasteiger partial charge in [0.15, 0.2) is 0 Å². The van der Waals surface area contributed by atoms with Crippen LogP contribution in [0.5, 0.6) is 0 Å². The third-order valence-electron chi connectivity index (χ3n) is 3.47. The van der Waals surface area contributed by atoms with Crippen LogP contribution in [0, 0.1) is 0 Å². The Morgan fingerprint density at radius 2 is 2.19 bits per heavy atom. The molecule has 2 fully saturated rings. The topological polar surface area (TPSA) is 33.7 Å². The van der Waals surface area contributed by atoms with Gasteiger partial charge in [-0.3, -0.25) is 4.90 Å². The van der Waals surface area contributed by atoms with Crippen molar-refractivity contribution in [2.45, 2.75) is 32.0 Å². The molecule has 0 spiro atoms. The maximum absolute atomic E-state index is 5.92. The molecule has 0 aromatic rings. The van der Waals surface area contributed by atoms with Crippen molar-refractivity contribution in [1.82, 2.24) is 10.2 Å². The second kappa shape index (κ2) is 6.55. The Morgan fingerprint density at radius 3 is 2.94 bits per heavy atom. The molecule has 2 rings (SSSR count). The molecule has 1 atom stereocenters. The minimum Gasteiger partial charge on any atom is -0.375 e. The highest BCUT2D eigenvalue weighted by Gasteiger charge is 2.21. The van der Waals surface area contributed by atoms with Crippen molar-refractivity contribution in [2.24, 2.45) is 0 Å². The molecule has 4 heteroatoms. The van der Waals surface area contributed by atoms with E-state index in [1.807, 2.05) is 0 Å². The van der Waals surface area contributed by atoms with Crippen molar-refractivity contribution in [3.05, 3.63) is 0 Å². The lowest BCUT2D eigenvalue weighted by atomic mass is 10.1. The minimum absolute atomic E-state index is 0.281. The van der Waals surface area contributed by atoms with Gasteiger partial charge in [-0.15, -0.1) is 0 Å². The molecule has 1 unspecified atom stereocenters. The fraction of sp³-hybridized carbons (Fsp3) is 1.00. The van der Waals surface area contributed by atoms with E-state index in [-0.39, 0.29) is 6.10 Å². The Balaban J connectivity index is 1.64. The van der Waals surface area contributed by atoms with Gasteiger partial charge in [-0.1, -0.05) is 6.92 Å². The van der Waals surface area contributed by atoms with Gasteiger partial charge in [0.05, 0.1) is 25.4 Å². The van der Waals surface area contributed by atoms with Crippen molar-refractivity contribution < 1.29 is 9.47 Å². The van der Waals surface area contributed by atoms with Crippen LogP contribution in [-0.4, -0.2) is 63.0 Å². The Bertz CT molecular complexity index is 195. The van der Waals surface area contributed by atoms with Crippen LogP contribution < -0.4 is 5.32 Å². The maximum Gasteiger partial charge on any atom is 0.0935 e. The van der Waals surface area contributed by atoms with E-state index in [1.54, 1.807) is 0 Å². The predicted molar refractivity (Wildman–Crippen MR) is 63.7 cm³/mol. The van der Waals surface area contributed by atoms with E-state index in [0.29, 0.717) is 6.10 Å². The van der Waals surface area contributed by atoms with Crippen molar-refractivity contribution in [3.63, 3.8) is 0 Å². The first-order chi connectivity index (χ1) is 7.88. The molecule has 0 bridgehead atoms. The molecule has 0 aliphatic carbocycles. The number of piperidine rings is 1. The number of ether oxygens (including phenoxy) is 2. The van der Waals surface area contributed by atoms with E-state index < -0.39 is 0 Å². The lowest BCUT2D eigenvalue weighted by Crippen LogP contribution is -2.45. The lowest BCUT2D eigenvalue weighted by Gasteiger charge is -2.33. The molecule has 2 aliphatic heterocycles. The number of rotatable bonds is 4. The van der Waals surface area contributed by atoms with Crippen LogP contribution in [0.15, 0.2) is 0 Å². The van der Waals surface area contributed by atoms with Crippen molar-refractivity contribution in [1.29, 1.82) is 0 Å². The number of hydrogen-bond acceptors (Lipinski definition) is 4. The Kier molecular flexibility index (Phi) is 5.03. The molecule has 0 radical (unpaired) electrons. The zero-order chi connectivity index (χ0) is 11.2. The smallest absolute Gasteiger partial charge is 0.0935 e. The van der Waals surface area contributed by atoms with Crippen molar-refractivity contribution in [3.8, 4) is 0 Å². The molecule has 16 heavy (non-hydrogen) atoms. The molecule has 94 valence electrons. The van der Waals surface area contributed by atoms with Gasteiger partial charge in [0.25, 0.3) is 0 Å². The fourth-order valence-corrected chi connectivity index (χ4v) is 2.37. The summed E-state index contributed by atoms with van der Waals surface area (Å²) in [5.41, 5.74) is 0. The molecule has 2 saturated heterocycles. The average Bonchev–Trinajstić information content (AvgIpc) is 2.38. The average molecular weight is 228 g/mol. The van der Waals surface area contributed by atoms with Gasteiger partial charge in [-0.25, -0.2) is 0 Å². The second-order valence-corrected chi connectivity index (χ2v) is 4.67. The quantitative estimate of drug-likeness (QED) is 0.758. The SMILES string of the molecule is CCN1CCOC(COC2CCNCC2)C1. The molecule has 2 aliphatic rings. The van der Waals surface area contributed by atoms with Crippen LogP contribution in [-0.2, 0) is 9.47 Å². The summed E-state index contributed by atoms with van der Waals surface area (Å²) in [7, 11) is 0. The van der Waals surface area contributed by atoms with E-state index in [9.17, 15) is 0 Å². The van der Waals surface area contributed by atoms with Gasteiger partial charge in [-0.05, 0) is 32.5 Å². The van der Waals surface area contributed by atoms with Gasteiger partial charge in [0.2, 0.25) is 0 Å². The molecular weight excluding hydrogens is 204 g/mol. The number of nitrogens with one attached hydrogen (secondary N) is 1. The summed E-state index contributed by atoms with van der Waals surface area (Å²) in [5.74, 6) is 0. The van der Waals surface area contributed by atoms with Crippen LogP contribution in [0.2, 0.25) is 0 Å². The lowest BCUT2D eigenvalue weighted by molar-refractivity contribution is -0.0880. The second-order valence-electron chi connectivity index (χ2n) is 4.67. The van der Waals surface area contributed by atoms with Crippen LogP contribution in [0.4, 0.5) is 0 Å². The van der Waals surface area contributed by atoms with Gasteiger partial charge in [-0.2, -0.15) is 0 Å². The van der Waals surface area contributed by atoms with Gasteiger partial charge < -0.3 is 14.8 Å². The van der Waals surface area contributed by atoms with Gasteiger partial charge >= 0.3 is 0 Å². The normalized spacial score (nSPS) is 29.4. The molecule has 4 nitrogen and oxygen atoms in total. The summed E-state index contributed by atoms with van der Waals surface area (Å²) >= 11 is 0. The van der Waals surface area contributed by atoms with Crippen LogP contribution in [0.3, 0.4) is 0 Å². The molecule has 1 N–H and O–H groups in total. The van der Waals surface area contributed by atoms with Crippen LogP contribution >= 0.6 is 0 Å². The third-order valence-corrected chi connectivity index (χ3v) is 3.47. The zero-order valence-corrected chi connectivity index (χ0v) is 10.3. The molecule has 2 heterocycles. The van der Waals surface area contributed by atoms with E-state index in [0.717, 1.165) is 58.8 Å². The highest BCUT2D eigenvalue weighted by atomic mass is 16.5. The number of hydrogen-bond donors (Lipinski definition) is 1. The maximum atomic E-state index is 5.92. The summed E-state index contributed by atoms with van der Waals surface area (Å²) in [5, 5.41) is 3.35. The van der Waals surface area contributed by atoms with E-state index >= 15 is 0 Å². The summed E-state index contributed by atoms with van der Waals surface area (Å²) in [6.07, 6.45) is 3.01. The molecule has 0 aromatic heterocycles. The first-order valence-corrected chi connectivity index (χ1v) is 6.54. The number of nitrogens with zero attached hydrogens (tertiary/aromatic N) is 1. The standard InChI is InChI=1S/C12H24N2O2/c1-2-14-7-8-15-12(9-14)10-16-11-3-5-13-6-4-11/h11-13H,2-10H2,1H3. The highest BCUT2D eigenvalue weighted by Crippen LogP contribution is 2.11. The van der Waals surface area contributed by atoms with Crippen molar-refractivity contribution in [2.75, 3.05) is 45.9 Å². The largest absolute Gasteiger partial charge is 0.375 e. The minimum atomic E-state index is 0.281. The highest BCUT2D eigenvalue weighted by molar-refractivity contribution is 4.73. The van der Waals surface area contributed by atoms with Crippen LogP contribution in [0.25, 0.3) is 0 Å². The Hall–Kier alpha value is -0.160. The van der Waals surface area contributed by atoms with Gasteiger partial charge in [0, 0.05) is 13.1 Å². The van der Waals surface area contributed by atoms with Crippen LogP contribution in [0.1, 0.15) is 19.8 Å². The van der Waals surface area contributed by atoms with Crippen molar-refractivity contribution >= 4 is 0 Å². The van der Waals surface area contributed by atoms with E-state index in [1.165, 1.54) is 0 Å². The predicted octanol–water partition coefficient (Wildman–Crippen LogP) is 0.476. The third kappa shape index (κ3) is 3.70. The molecule has 0 aromatic carbocycles. The van der Waals surface area contributed by atoms with E-state index in [2.05, 4.69) is 17.1 Å². The monoisotopic (exact) mass is 228 g/mol. The summed E-state index contributed by atoms with van der Waals surface area (Å²) in [6, 6.07) is 0. The summed E-state index contributed by atoms with van der Waals surface area (Å²) in [4.78, 5) is 2.43. The molecule has 0 saturated carbocycles. The first kappa shape index (κ1) is 12.3. The Morgan fingerprint density at radius 1 is 1.38 bits per heavy atom. The summed E-state index contributed by atoms with van der Waals surface area (Å²) < 4.78 is 11.6. The zero-order valence-electron chi connectivity index (χ0n) is 10.3. The number of morpholine rings is 1. The fourth-order valence-electron chi connectivity index (χ4n) is 2.37. The first-order valence-electron chi connectivity index (χ1n) is 6.54. The molecular formula is C12H24N2O2. The van der Waals surface area contributed by atoms with Gasteiger partial charge in [0.1, 0.15) is 0 Å².